The summed E-state index contributed by atoms with van der Waals surface area (Å²) in [6, 6.07) is 7.75. The molecule has 0 saturated carbocycles. The molecule has 1 aliphatic rings. The standard InChI is InChI=1S/C24H26BrN7O3/c1-3-4-7-12-31-22-16(14-18(25)26-22)23(33)32-20(28-29-24(31)32)10-11-21-27-19(30-35-21)13-15-8-5-6-9-17(15)34-2/h5-6,8-9H,3-4,7,10-14H2,1-2H3. The van der Waals surface area contributed by atoms with Crippen LogP contribution in [0.15, 0.2) is 38.6 Å². The van der Waals surface area contributed by atoms with Crippen LogP contribution in [0.2, 0.25) is 0 Å². The highest BCUT2D eigenvalue weighted by Crippen LogP contribution is 2.28. The number of aromatic nitrogens is 6. The van der Waals surface area contributed by atoms with Crippen molar-refractivity contribution in [3.8, 4) is 5.75 Å². The van der Waals surface area contributed by atoms with E-state index in [1.165, 1.54) is 0 Å². The third-order valence-electron chi connectivity index (χ3n) is 6.09. The molecule has 0 bridgehead atoms. The van der Waals surface area contributed by atoms with Gasteiger partial charge in [-0.15, -0.1) is 10.2 Å². The summed E-state index contributed by atoms with van der Waals surface area (Å²) >= 11 is 3.46. The van der Waals surface area contributed by atoms with Crippen LogP contribution in [0.25, 0.3) is 5.78 Å². The molecule has 0 aliphatic carbocycles. The van der Waals surface area contributed by atoms with E-state index in [2.05, 4.69) is 48.2 Å². The largest absolute Gasteiger partial charge is 0.496 e. The average molecular weight is 540 g/mol. The second kappa shape index (κ2) is 10.1. The fourth-order valence-corrected chi connectivity index (χ4v) is 4.80. The third-order valence-corrected chi connectivity index (χ3v) is 6.55. The van der Waals surface area contributed by atoms with Gasteiger partial charge in [0, 0.05) is 37.8 Å². The Morgan fingerprint density at radius 2 is 2.03 bits per heavy atom. The smallest absolute Gasteiger partial charge is 0.266 e. The maximum Gasteiger partial charge on any atom is 0.266 e. The zero-order chi connectivity index (χ0) is 24.4. The molecule has 35 heavy (non-hydrogen) atoms. The number of aryl methyl sites for hydroxylation is 3. The topological polar surface area (TPSA) is 113 Å². The molecule has 3 aromatic heterocycles. The van der Waals surface area contributed by atoms with Crippen molar-refractivity contribution in [3.63, 3.8) is 0 Å². The van der Waals surface area contributed by atoms with Crippen LogP contribution in [0, 0.1) is 0 Å². The monoisotopic (exact) mass is 539 g/mol. The van der Waals surface area contributed by atoms with Crippen molar-refractivity contribution < 1.29 is 9.26 Å². The molecule has 0 fully saturated rings. The Kier molecular flexibility index (Phi) is 6.76. The van der Waals surface area contributed by atoms with E-state index in [0.717, 1.165) is 41.7 Å². The zero-order valence-corrected chi connectivity index (χ0v) is 21.3. The molecule has 4 aromatic rings. The number of benzene rings is 1. The van der Waals surface area contributed by atoms with Crippen LogP contribution >= 0.6 is 15.9 Å². The summed E-state index contributed by atoms with van der Waals surface area (Å²) in [5, 5.41) is 12.8. The molecule has 0 N–H and O–H groups in total. The first-order chi connectivity index (χ1) is 17.1. The summed E-state index contributed by atoms with van der Waals surface area (Å²) in [4.78, 5) is 22.4. The molecule has 0 amide bonds. The van der Waals surface area contributed by atoms with Crippen molar-refractivity contribution in [2.45, 2.75) is 58.4 Å². The molecule has 1 aromatic carbocycles. The van der Waals surface area contributed by atoms with Gasteiger partial charge in [-0.2, -0.15) is 4.98 Å². The Hall–Kier alpha value is -3.34. The minimum absolute atomic E-state index is 0.123. The van der Waals surface area contributed by atoms with E-state index >= 15 is 0 Å². The fourth-order valence-electron chi connectivity index (χ4n) is 4.35. The van der Waals surface area contributed by atoms with Crippen LogP contribution in [0.4, 0.5) is 5.82 Å². The number of unbranched alkanes of at least 4 members (excludes halogenated alkanes) is 2. The van der Waals surface area contributed by atoms with Gasteiger partial charge in [-0.25, -0.2) is 9.39 Å². The summed E-state index contributed by atoms with van der Waals surface area (Å²) in [5.41, 5.74) is 1.53. The maximum absolute atomic E-state index is 13.3. The van der Waals surface area contributed by atoms with Gasteiger partial charge in [0.05, 0.1) is 17.3 Å². The van der Waals surface area contributed by atoms with Crippen LogP contribution < -0.4 is 10.3 Å². The van der Waals surface area contributed by atoms with E-state index in [4.69, 9.17) is 9.26 Å². The van der Waals surface area contributed by atoms with E-state index in [0.29, 0.717) is 60.4 Å². The first-order valence-electron chi connectivity index (χ1n) is 11.7. The van der Waals surface area contributed by atoms with Gasteiger partial charge in [0.2, 0.25) is 11.7 Å². The second-order valence-corrected chi connectivity index (χ2v) is 9.39. The number of aliphatic imine (C=N–C) groups is 1. The molecule has 11 heteroatoms. The average Bonchev–Trinajstić information content (AvgIpc) is 3.59. The lowest BCUT2D eigenvalue weighted by atomic mass is 10.1. The minimum Gasteiger partial charge on any atom is -0.496 e. The summed E-state index contributed by atoms with van der Waals surface area (Å²) < 4.78 is 15.2. The Labute approximate surface area is 210 Å². The number of rotatable bonds is 10. The van der Waals surface area contributed by atoms with E-state index < -0.39 is 0 Å². The normalized spacial score (nSPS) is 12.8. The number of nitrogens with zero attached hydrogens (tertiary/aromatic N) is 7. The summed E-state index contributed by atoms with van der Waals surface area (Å²) in [6.07, 6.45) is 5.05. The number of halogens is 1. The van der Waals surface area contributed by atoms with Gasteiger partial charge in [0.25, 0.3) is 5.56 Å². The van der Waals surface area contributed by atoms with E-state index in [-0.39, 0.29) is 5.56 Å². The van der Waals surface area contributed by atoms with Crippen molar-refractivity contribution in [2.75, 3.05) is 7.11 Å². The minimum atomic E-state index is -0.123. The lowest BCUT2D eigenvalue weighted by Crippen LogP contribution is -2.24. The summed E-state index contributed by atoms with van der Waals surface area (Å²) in [5.74, 6) is 3.63. The quantitative estimate of drug-likeness (QED) is 0.281. The van der Waals surface area contributed by atoms with Gasteiger partial charge in [-0.3, -0.25) is 9.36 Å². The predicted octanol–water partition coefficient (Wildman–Crippen LogP) is 3.83. The molecule has 5 rings (SSSR count). The van der Waals surface area contributed by atoms with Gasteiger partial charge in [-0.05, 0) is 28.4 Å². The molecule has 10 nitrogen and oxygen atoms in total. The maximum atomic E-state index is 13.3. The summed E-state index contributed by atoms with van der Waals surface area (Å²) in [7, 11) is 1.64. The molecule has 1 aliphatic heterocycles. The van der Waals surface area contributed by atoms with Crippen molar-refractivity contribution >= 4 is 32.1 Å². The van der Waals surface area contributed by atoms with Crippen LogP contribution in [-0.2, 0) is 32.2 Å². The zero-order valence-electron chi connectivity index (χ0n) is 19.7. The second-order valence-electron chi connectivity index (χ2n) is 8.48. The van der Waals surface area contributed by atoms with Gasteiger partial charge in [-0.1, -0.05) is 43.1 Å². The highest BCUT2D eigenvalue weighted by atomic mass is 79.9. The van der Waals surface area contributed by atoms with Gasteiger partial charge in [0.1, 0.15) is 17.4 Å². The van der Waals surface area contributed by atoms with Crippen LogP contribution in [-0.4, -0.2) is 41.0 Å². The molecule has 0 atom stereocenters. The van der Waals surface area contributed by atoms with Crippen LogP contribution in [0.5, 0.6) is 5.75 Å². The SMILES string of the molecule is CCCCCn1c2c(c(=O)n3c(CCc4nc(Cc5ccccc5OC)no4)nnc13)CC(Br)=N2. The number of hydrogen-bond donors (Lipinski definition) is 0. The van der Waals surface area contributed by atoms with E-state index in [1.807, 2.05) is 28.8 Å². The first kappa shape index (κ1) is 23.4. The molecule has 4 heterocycles. The Morgan fingerprint density at radius 1 is 1.17 bits per heavy atom. The third kappa shape index (κ3) is 4.64. The van der Waals surface area contributed by atoms with Crippen LogP contribution in [0.3, 0.4) is 0 Å². The van der Waals surface area contributed by atoms with Crippen LogP contribution in [0.1, 0.15) is 54.9 Å². The van der Waals surface area contributed by atoms with Gasteiger partial charge in [0.15, 0.2) is 5.82 Å². The number of ether oxygens (including phenoxy) is 1. The summed E-state index contributed by atoms with van der Waals surface area (Å²) in [6.45, 7) is 2.90. The highest BCUT2D eigenvalue weighted by molar-refractivity contribution is 9.18. The molecular formula is C24H26BrN7O3. The molecule has 0 radical (unpaired) electrons. The molecule has 182 valence electrons. The van der Waals surface area contributed by atoms with Crippen molar-refractivity contribution in [3.05, 3.63) is 63.3 Å². The van der Waals surface area contributed by atoms with Crippen molar-refractivity contribution in [2.24, 2.45) is 4.99 Å². The lowest BCUT2D eigenvalue weighted by Gasteiger charge is -2.12. The molecule has 0 spiro atoms. The Balaban J connectivity index is 1.38. The fraction of sp³-hybridized carbons (Fsp3) is 0.417. The van der Waals surface area contributed by atoms with Gasteiger partial charge >= 0.3 is 0 Å². The lowest BCUT2D eigenvalue weighted by molar-refractivity contribution is 0.372. The highest BCUT2D eigenvalue weighted by Gasteiger charge is 2.25. The Bertz CT molecular complexity index is 1450. The Morgan fingerprint density at radius 3 is 2.86 bits per heavy atom. The number of fused-ring (bicyclic) bond motifs is 2. The number of hydrogen-bond acceptors (Lipinski definition) is 8. The predicted molar refractivity (Wildman–Crippen MR) is 134 cm³/mol. The number of methoxy groups -OCH3 is 1. The molecule has 0 unspecified atom stereocenters. The molecule has 0 saturated heterocycles. The first-order valence-corrected chi connectivity index (χ1v) is 12.5. The van der Waals surface area contributed by atoms with E-state index in [1.54, 1.807) is 11.5 Å². The van der Waals surface area contributed by atoms with Crippen molar-refractivity contribution in [1.29, 1.82) is 0 Å². The molecular weight excluding hydrogens is 514 g/mol. The number of para-hydroxylation sites is 1. The van der Waals surface area contributed by atoms with Gasteiger partial charge < -0.3 is 9.26 Å². The van der Waals surface area contributed by atoms with Crippen molar-refractivity contribution in [1.82, 2.24) is 29.3 Å². The van der Waals surface area contributed by atoms with E-state index in [9.17, 15) is 4.79 Å².